The Morgan fingerprint density at radius 2 is 2.09 bits per heavy atom. The Kier molecular flexibility index (Phi) is 5.77. The molecule has 1 aliphatic rings. The second kappa shape index (κ2) is 7.58. The van der Waals surface area contributed by atoms with E-state index < -0.39 is 5.97 Å². The Labute approximate surface area is 138 Å². The predicted molar refractivity (Wildman–Crippen MR) is 88.4 cm³/mol. The average molecular weight is 366 g/mol. The number of hydrogen-bond donors (Lipinski definition) is 1. The summed E-state index contributed by atoms with van der Waals surface area (Å²) in [6, 6.07) is 7.74. The Morgan fingerprint density at radius 1 is 1.32 bits per heavy atom. The first-order valence-corrected chi connectivity index (χ1v) is 8.21. The van der Waals surface area contributed by atoms with Gasteiger partial charge in [0.25, 0.3) is 0 Å². The van der Waals surface area contributed by atoms with Crippen LogP contribution in [0.4, 0.5) is 0 Å². The van der Waals surface area contributed by atoms with Crippen molar-refractivity contribution in [3.05, 3.63) is 45.4 Å². The van der Waals surface area contributed by atoms with Crippen LogP contribution < -0.4 is 0 Å². The summed E-state index contributed by atoms with van der Waals surface area (Å²) in [5, 5.41) is 8.91. The minimum atomic E-state index is -0.885. The highest BCUT2D eigenvalue weighted by Gasteiger charge is 2.23. The van der Waals surface area contributed by atoms with Gasteiger partial charge in [-0.1, -0.05) is 33.6 Å². The minimum Gasteiger partial charge on any atom is -0.481 e. The van der Waals surface area contributed by atoms with Gasteiger partial charge in [-0.05, 0) is 43.9 Å². The highest BCUT2D eigenvalue weighted by atomic mass is 79.9. The summed E-state index contributed by atoms with van der Waals surface area (Å²) >= 11 is 3.42. The third kappa shape index (κ3) is 4.44. The molecular formula is C17H20BrNO3. The summed E-state index contributed by atoms with van der Waals surface area (Å²) < 4.78 is 0.951. The van der Waals surface area contributed by atoms with E-state index >= 15 is 0 Å². The summed E-state index contributed by atoms with van der Waals surface area (Å²) in [5.41, 5.74) is 2.99. The molecule has 0 radical (unpaired) electrons. The SMILES string of the molecule is CC1=C(C(=O)N(CCC(=O)O)Cc2cccc(Br)c2)CCC1. The number of carboxylic acid groups (broad SMARTS) is 1. The fraction of sp³-hybridized carbons (Fsp3) is 0.412. The molecule has 1 aromatic rings. The Hall–Kier alpha value is -1.62. The molecule has 1 aromatic carbocycles. The maximum absolute atomic E-state index is 12.7. The summed E-state index contributed by atoms with van der Waals surface area (Å²) in [6.45, 7) is 2.66. The third-order valence-electron chi connectivity index (χ3n) is 3.90. The van der Waals surface area contributed by atoms with E-state index in [9.17, 15) is 9.59 Å². The molecule has 1 aliphatic carbocycles. The van der Waals surface area contributed by atoms with Gasteiger partial charge in [-0.25, -0.2) is 0 Å². The van der Waals surface area contributed by atoms with E-state index in [1.807, 2.05) is 31.2 Å². The number of aliphatic carboxylic acids is 1. The summed E-state index contributed by atoms with van der Waals surface area (Å²) in [4.78, 5) is 25.2. The number of hydrogen-bond acceptors (Lipinski definition) is 2. The van der Waals surface area contributed by atoms with E-state index in [0.717, 1.165) is 40.4 Å². The van der Waals surface area contributed by atoms with Gasteiger partial charge in [0.15, 0.2) is 0 Å². The lowest BCUT2D eigenvalue weighted by Gasteiger charge is -2.23. The van der Waals surface area contributed by atoms with Crippen molar-refractivity contribution in [3.63, 3.8) is 0 Å². The van der Waals surface area contributed by atoms with Crippen LogP contribution in [0, 0.1) is 0 Å². The predicted octanol–water partition coefficient (Wildman–Crippen LogP) is 3.75. The first-order chi connectivity index (χ1) is 10.5. The van der Waals surface area contributed by atoms with Crippen molar-refractivity contribution in [1.82, 2.24) is 4.90 Å². The molecule has 2 rings (SSSR count). The van der Waals surface area contributed by atoms with Crippen LogP contribution in [-0.2, 0) is 16.1 Å². The minimum absolute atomic E-state index is 0.0174. The van der Waals surface area contributed by atoms with Crippen LogP contribution in [0.2, 0.25) is 0 Å². The lowest BCUT2D eigenvalue weighted by molar-refractivity contribution is -0.138. The molecule has 0 bridgehead atoms. The molecule has 0 saturated heterocycles. The van der Waals surface area contributed by atoms with Crippen LogP contribution in [0.15, 0.2) is 39.9 Å². The van der Waals surface area contributed by atoms with Gasteiger partial charge >= 0.3 is 5.97 Å². The van der Waals surface area contributed by atoms with Gasteiger partial charge in [-0.3, -0.25) is 9.59 Å². The number of benzene rings is 1. The normalized spacial score (nSPS) is 14.3. The number of carbonyl (C=O) groups excluding carboxylic acids is 1. The van der Waals surface area contributed by atoms with Gasteiger partial charge in [-0.2, -0.15) is 0 Å². The quantitative estimate of drug-likeness (QED) is 0.834. The molecule has 0 aromatic heterocycles. The second-order valence-electron chi connectivity index (χ2n) is 5.61. The van der Waals surface area contributed by atoms with Crippen LogP contribution >= 0.6 is 15.9 Å². The zero-order valence-corrected chi connectivity index (χ0v) is 14.2. The summed E-state index contributed by atoms with van der Waals surface area (Å²) in [5.74, 6) is -0.902. The lowest BCUT2D eigenvalue weighted by Crippen LogP contribution is -2.33. The maximum atomic E-state index is 12.7. The Balaban J connectivity index is 2.16. The van der Waals surface area contributed by atoms with Gasteiger partial charge in [-0.15, -0.1) is 0 Å². The molecule has 0 saturated carbocycles. The fourth-order valence-corrected chi connectivity index (χ4v) is 3.16. The molecule has 1 N–H and O–H groups in total. The molecule has 0 heterocycles. The first kappa shape index (κ1) is 16.7. The number of nitrogens with zero attached hydrogens (tertiary/aromatic N) is 1. The first-order valence-electron chi connectivity index (χ1n) is 7.41. The van der Waals surface area contributed by atoms with Crippen molar-refractivity contribution >= 4 is 27.8 Å². The molecule has 0 aliphatic heterocycles. The van der Waals surface area contributed by atoms with E-state index in [2.05, 4.69) is 15.9 Å². The molecule has 5 heteroatoms. The van der Waals surface area contributed by atoms with E-state index in [1.54, 1.807) is 4.90 Å². The second-order valence-corrected chi connectivity index (χ2v) is 6.53. The van der Waals surface area contributed by atoms with Gasteiger partial charge < -0.3 is 10.0 Å². The third-order valence-corrected chi connectivity index (χ3v) is 4.39. The monoisotopic (exact) mass is 365 g/mol. The molecule has 0 unspecified atom stereocenters. The van der Waals surface area contributed by atoms with Crippen molar-refractivity contribution < 1.29 is 14.7 Å². The smallest absolute Gasteiger partial charge is 0.305 e. The highest BCUT2D eigenvalue weighted by Crippen LogP contribution is 2.27. The van der Waals surface area contributed by atoms with Crippen LogP contribution in [0.1, 0.15) is 38.2 Å². The highest BCUT2D eigenvalue weighted by molar-refractivity contribution is 9.10. The Morgan fingerprint density at radius 3 is 2.68 bits per heavy atom. The Bertz CT molecular complexity index is 610. The van der Waals surface area contributed by atoms with E-state index in [1.165, 1.54) is 0 Å². The number of halogens is 1. The van der Waals surface area contributed by atoms with Crippen molar-refractivity contribution in [2.24, 2.45) is 0 Å². The van der Waals surface area contributed by atoms with E-state index in [4.69, 9.17) is 5.11 Å². The molecule has 4 nitrogen and oxygen atoms in total. The number of carboxylic acids is 1. The van der Waals surface area contributed by atoms with E-state index in [0.29, 0.717) is 6.54 Å². The van der Waals surface area contributed by atoms with Gasteiger partial charge in [0.2, 0.25) is 5.91 Å². The molecule has 0 fully saturated rings. The van der Waals surface area contributed by atoms with E-state index in [-0.39, 0.29) is 18.9 Å². The number of carbonyl (C=O) groups is 2. The maximum Gasteiger partial charge on any atom is 0.305 e. The van der Waals surface area contributed by atoms with Gasteiger partial charge in [0.05, 0.1) is 6.42 Å². The molecule has 0 spiro atoms. The van der Waals surface area contributed by atoms with Crippen molar-refractivity contribution in [1.29, 1.82) is 0 Å². The lowest BCUT2D eigenvalue weighted by atomic mass is 10.1. The fourth-order valence-electron chi connectivity index (χ4n) is 2.71. The van der Waals surface area contributed by atoms with Crippen molar-refractivity contribution in [3.8, 4) is 0 Å². The number of allylic oxidation sites excluding steroid dienone is 1. The number of rotatable bonds is 6. The topological polar surface area (TPSA) is 57.6 Å². The van der Waals surface area contributed by atoms with Gasteiger partial charge in [0.1, 0.15) is 0 Å². The zero-order valence-electron chi connectivity index (χ0n) is 12.6. The van der Waals surface area contributed by atoms with Crippen molar-refractivity contribution in [2.45, 2.75) is 39.2 Å². The van der Waals surface area contributed by atoms with Gasteiger partial charge in [0, 0.05) is 23.1 Å². The average Bonchev–Trinajstić information content (AvgIpc) is 2.88. The zero-order chi connectivity index (χ0) is 16.1. The van der Waals surface area contributed by atoms with Crippen LogP contribution in [0.3, 0.4) is 0 Å². The largest absolute Gasteiger partial charge is 0.481 e. The molecule has 1 amide bonds. The number of amides is 1. The summed E-state index contributed by atoms with van der Waals surface area (Å²) in [6.07, 6.45) is 2.74. The summed E-state index contributed by atoms with van der Waals surface area (Å²) in [7, 11) is 0. The molecular weight excluding hydrogens is 346 g/mol. The molecule has 0 atom stereocenters. The standard InChI is InChI=1S/C17H20BrNO3/c1-12-4-2-7-15(12)17(22)19(9-8-16(20)21)11-13-5-3-6-14(18)10-13/h3,5-6,10H,2,4,7-9,11H2,1H3,(H,20,21). The molecule has 22 heavy (non-hydrogen) atoms. The molecule has 118 valence electrons. The van der Waals surface area contributed by atoms with Crippen LogP contribution in [-0.4, -0.2) is 28.4 Å². The van der Waals surface area contributed by atoms with Crippen LogP contribution in [0.5, 0.6) is 0 Å². The van der Waals surface area contributed by atoms with Crippen molar-refractivity contribution in [2.75, 3.05) is 6.54 Å². The van der Waals surface area contributed by atoms with Crippen LogP contribution in [0.25, 0.3) is 0 Å².